The second kappa shape index (κ2) is 11.0. The van der Waals surface area contributed by atoms with Crippen molar-refractivity contribution < 1.29 is 4.79 Å². The topological polar surface area (TPSA) is 58.4 Å². The quantitative estimate of drug-likeness (QED) is 0.774. The fourth-order valence-electron chi connectivity index (χ4n) is 1.99. The number of rotatable bonds is 6. The maximum absolute atomic E-state index is 11.8. The van der Waals surface area contributed by atoms with Gasteiger partial charge in [-0.2, -0.15) is 11.8 Å². The molecule has 1 amide bonds. The molecule has 7 heteroatoms. The molecule has 1 aliphatic heterocycles. The summed E-state index contributed by atoms with van der Waals surface area (Å²) in [5.41, 5.74) is 5.25. The van der Waals surface area contributed by atoms with Crippen LogP contribution in [0.4, 0.5) is 0 Å². The van der Waals surface area contributed by atoms with Gasteiger partial charge in [-0.25, -0.2) is 0 Å². The van der Waals surface area contributed by atoms with Gasteiger partial charge in [0.05, 0.1) is 5.54 Å². The molecule has 0 bridgehead atoms. The highest BCUT2D eigenvalue weighted by atomic mass is 35.5. The molecule has 1 atom stereocenters. The predicted molar refractivity (Wildman–Crippen MR) is 88.8 cm³/mol. The van der Waals surface area contributed by atoms with Crippen LogP contribution >= 0.6 is 36.6 Å². The molecule has 0 aromatic heterocycles. The number of amides is 1. The van der Waals surface area contributed by atoms with Gasteiger partial charge in [-0.15, -0.1) is 24.8 Å². The van der Waals surface area contributed by atoms with Gasteiger partial charge in [0.1, 0.15) is 0 Å². The summed E-state index contributed by atoms with van der Waals surface area (Å²) in [6.45, 7) is 7.77. The van der Waals surface area contributed by atoms with Crippen molar-refractivity contribution in [3.05, 3.63) is 0 Å². The zero-order chi connectivity index (χ0) is 12.7. The number of nitrogens with zero attached hydrogens (tertiary/aromatic N) is 1. The van der Waals surface area contributed by atoms with Crippen LogP contribution in [-0.2, 0) is 4.79 Å². The van der Waals surface area contributed by atoms with Crippen LogP contribution in [0.3, 0.4) is 0 Å². The third-order valence-electron chi connectivity index (χ3n) is 3.11. The maximum atomic E-state index is 11.8. The number of hydrogen-bond donors (Lipinski definition) is 2. The number of halogens is 2. The summed E-state index contributed by atoms with van der Waals surface area (Å²) < 4.78 is 0. The molecule has 0 radical (unpaired) electrons. The first-order valence-corrected chi connectivity index (χ1v) is 7.59. The molecule has 3 N–H and O–H groups in total. The van der Waals surface area contributed by atoms with Crippen molar-refractivity contribution in [1.29, 1.82) is 0 Å². The van der Waals surface area contributed by atoms with E-state index in [1.165, 1.54) is 11.5 Å². The zero-order valence-electron chi connectivity index (χ0n) is 11.8. The van der Waals surface area contributed by atoms with Gasteiger partial charge in [-0.3, -0.25) is 9.69 Å². The minimum Gasteiger partial charge on any atom is -0.353 e. The SMILES string of the molecule is CCCC(C)(N)C(=O)NCCN1CCSCC1.Cl.Cl. The molecule has 0 aliphatic carbocycles. The fourth-order valence-corrected chi connectivity index (χ4v) is 2.97. The van der Waals surface area contributed by atoms with Gasteiger partial charge < -0.3 is 11.1 Å². The summed E-state index contributed by atoms with van der Waals surface area (Å²) in [6, 6.07) is 0. The molecule has 1 aliphatic rings. The number of nitrogens with one attached hydrogen (secondary N) is 1. The van der Waals surface area contributed by atoms with Crippen molar-refractivity contribution >= 4 is 42.5 Å². The van der Waals surface area contributed by atoms with E-state index in [0.717, 1.165) is 32.5 Å². The molecule has 4 nitrogen and oxygen atoms in total. The van der Waals surface area contributed by atoms with Gasteiger partial charge in [-0.05, 0) is 13.3 Å². The number of thioether (sulfide) groups is 1. The molecule has 1 unspecified atom stereocenters. The smallest absolute Gasteiger partial charge is 0.239 e. The van der Waals surface area contributed by atoms with E-state index in [-0.39, 0.29) is 30.7 Å². The Morgan fingerprint density at radius 3 is 2.47 bits per heavy atom. The zero-order valence-corrected chi connectivity index (χ0v) is 14.3. The van der Waals surface area contributed by atoms with E-state index in [4.69, 9.17) is 5.73 Å². The Morgan fingerprint density at radius 1 is 1.37 bits per heavy atom. The summed E-state index contributed by atoms with van der Waals surface area (Å²) in [4.78, 5) is 14.2. The van der Waals surface area contributed by atoms with E-state index < -0.39 is 5.54 Å². The molecular weight excluding hydrogens is 305 g/mol. The lowest BCUT2D eigenvalue weighted by molar-refractivity contribution is -0.126. The maximum Gasteiger partial charge on any atom is 0.239 e. The summed E-state index contributed by atoms with van der Waals surface area (Å²) in [5, 5.41) is 2.94. The van der Waals surface area contributed by atoms with Crippen molar-refractivity contribution in [2.24, 2.45) is 5.73 Å². The van der Waals surface area contributed by atoms with Crippen LogP contribution in [0.25, 0.3) is 0 Å². The molecule has 1 rings (SSSR count). The normalized spacial score (nSPS) is 18.7. The van der Waals surface area contributed by atoms with E-state index in [0.29, 0.717) is 6.54 Å². The Balaban J connectivity index is 0. The third-order valence-corrected chi connectivity index (χ3v) is 4.05. The molecule has 0 aromatic carbocycles. The van der Waals surface area contributed by atoms with Gasteiger partial charge in [0.2, 0.25) is 5.91 Å². The number of hydrogen-bond acceptors (Lipinski definition) is 4. The highest BCUT2D eigenvalue weighted by molar-refractivity contribution is 7.99. The average Bonchev–Trinajstić information content (AvgIpc) is 2.30. The Kier molecular flexibility index (Phi) is 12.5. The summed E-state index contributed by atoms with van der Waals surface area (Å²) >= 11 is 2.00. The molecule has 0 aromatic rings. The third kappa shape index (κ3) is 8.25. The van der Waals surface area contributed by atoms with E-state index in [1.54, 1.807) is 0 Å². The first-order valence-electron chi connectivity index (χ1n) is 6.43. The van der Waals surface area contributed by atoms with E-state index in [1.807, 2.05) is 25.6 Å². The predicted octanol–water partition coefficient (Wildman–Crippen LogP) is 1.51. The van der Waals surface area contributed by atoms with Crippen molar-refractivity contribution in [2.45, 2.75) is 32.2 Å². The molecule has 1 fully saturated rings. The lowest BCUT2D eigenvalue weighted by Gasteiger charge is -2.27. The van der Waals surface area contributed by atoms with Crippen LogP contribution in [0.15, 0.2) is 0 Å². The Hall–Kier alpha value is 0.320. The van der Waals surface area contributed by atoms with Crippen LogP contribution in [0.1, 0.15) is 26.7 Å². The standard InChI is InChI=1S/C12H25N3OS.2ClH/c1-3-4-12(2,13)11(16)14-5-6-15-7-9-17-10-8-15;;/h3-10,13H2,1-2H3,(H,14,16);2*1H. The summed E-state index contributed by atoms with van der Waals surface area (Å²) in [7, 11) is 0. The molecular formula is C12H27Cl2N3OS. The second-order valence-electron chi connectivity index (χ2n) is 4.88. The van der Waals surface area contributed by atoms with Crippen molar-refractivity contribution in [1.82, 2.24) is 10.2 Å². The van der Waals surface area contributed by atoms with Gasteiger partial charge in [0, 0.05) is 37.7 Å². The van der Waals surface area contributed by atoms with Crippen molar-refractivity contribution in [3.8, 4) is 0 Å². The van der Waals surface area contributed by atoms with Crippen LogP contribution in [0.5, 0.6) is 0 Å². The van der Waals surface area contributed by atoms with Crippen LogP contribution in [0.2, 0.25) is 0 Å². The Bertz CT molecular complexity index is 249. The van der Waals surface area contributed by atoms with Crippen molar-refractivity contribution in [2.75, 3.05) is 37.7 Å². The summed E-state index contributed by atoms with van der Waals surface area (Å²) in [5.74, 6) is 2.39. The van der Waals surface area contributed by atoms with Crippen LogP contribution < -0.4 is 11.1 Å². The molecule has 0 spiro atoms. The highest BCUT2D eigenvalue weighted by Crippen LogP contribution is 2.09. The first-order chi connectivity index (χ1) is 8.06. The van der Waals surface area contributed by atoms with Gasteiger partial charge in [-0.1, -0.05) is 13.3 Å². The summed E-state index contributed by atoms with van der Waals surface area (Å²) in [6.07, 6.45) is 1.67. The lowest BCUT2D eigenvalue weighted by Crippen LogP contribution is -2.52. The monoisotopic (exact) mass is 331 g/mol. The molecule has 1 heterocycles. The Labute approximate surface area is 133 Å². The minimum atomic E-state index is -0.716. The lowest BCUT2D eigenvalue weighted by atomic mass is 9.97. The van der Waals surface area contributed by atoms with E-state index >= 15 is 0 Å². The second-order valence-corrected chi connectivity index (χ2v) is 6.10. The minimum absolute atomic E-state index is 0. The Morgan fingerprint density at radius 2 is 1.95 bits per heavy atom. The number of nitrogens with two attached hydrogens (primary N) is 1. The van der Waals surface area contributed by atoms with E-state index in [9.17, 15) is 4.79 Å². The number of carbonyl (C=O) groups excluding carboxylic acids is 1. The molecule has 1 saturated heterocycles. The van der Waals surface area contributed by atoms with Crippen LogP contribution in [0, 0.1) is 0 Å². The van der Waals surface area contributed by atoms with Gasteiger partial charge in [0.25, 0.3) is 0 Å². The molecule has 19 heavy (non-hydrogen) atoms. The van der Waals surface area contributed by atoms with Crippen LogP contribution in [-0.4, -0.2) is 54.0 Å². The average molecular weight is 332 g/mol. The van der Waals surface area contributed by atoms with Crippen molar-refractivity contribution in [3.63, 3.8) is 0 Å². The van der Waals surface area contributed by atoms with Gasteiger partial charge >= 0.3 is 0 Å². The molecule has 116 valence electrons. The first kappa shape index (κ1) is 21.6. The van der Waals surface area contributed by atoms with Gasteiger partial charge in [0.15, 0.2) is 0 Å². The molecule has 0 saturated carbocycles. The van der Waals surface area contributed by atoms with E-state index in [2.05, 4.69) is 10.2 Å². The number of carbonyl (C=O) groups is 1. The highest BCUT2D eigenvalue weighted by Gasteiger charge is 2.26. The largest absolute Gasteiger partial charge is 0.353 e. The fraction of sp³-hybridized carbons (Fsp3) is 0.917.